The van der Waals surface area contributed by atoms with Crippen LogP contribution in [0.5, 0.6) is 11.5 Å². The number of ether oxygens (including phenoxy) is 2. The Bertz CT molecular complexity index is 724. The molecule has 0 fully saturated rings. The van der Waals surface area contributed by atoms with Gasteiger partial charge in [0.2, 0.25) is 0 Å². The van der Waals surface area contributed by atoms with E-state index in [0.717, 1.165) is 12.0 Å². The number of nitrogens with zero attached hydrogens (tertiary/aromatic N) is 1. The summed E-state index contributed by atoms with van der Waals surface area (Å²) >= 11 is 0. The van der Waals surface area contributed by atoms with Crippen LogP contribution in [0, 0.1) is 0 Å². The number of rotatable bonds is 9. The molecule has 25 heavy (non-hydrogen) atoms. The highest BCUT2D eigenvalue weighted by Gasteiger charge is 2.03. The zero-order valence-electron chi connectivity index (χ0n) is 14.3. The van der Waals surface area contributed by atoms with E-state index in [-0.39, 0.29) is 12.5 Å². The average Bonchev–Trinajstić information content (AvgIpc) is 2.66. The van der Waals surface area contributed by atoms with Gasteiger partial charge in [0, 0.05) is 5.56 Å². The average molecular weight is 338 g/mol. The first kappa shape index (κ1) is 18.3. The van der Waals surface area contributed by atoms with E-state index >= 15 is 0 Å². The zero-order valence-corrected chi connectivity index (χ0v) is 14.3. The quantitative estimate of drug-likeness (QED) is 0.433. The number of benzene rings is 2. The van der Waals surface area contributed by atoms with Crippen LogP contribution in [-0.2, 0) is 11.2 Å². The van der Waals surface area contributed by atoms with E-state index in [1.54, 1.807) is 6.08 Å². The third-order valence-electron chi connectivity index (χ3n) is 3.37. The van der Waals surface area contributed by atoms with Gasteiger partial charge in [-0.15, -0.1) is 0 Å². The topological polar surface area (TPSA) is 59.9 Å². The van der Waals surface area contributed by atoms with Crippen LogP contribution in [0.3, 0.4) is 0 Å². The fourth-order valence-corrected chi connectivity index (χ4v) is 2.04. The van der Waals surface area contributed by atoms with E-state index in [9.17, 15) is 4.79 Å². The number of amides is 1. The monoisotopic (exact) mass is 338 g/mol. The molecule has 1 amide bonds. The lowest BCUT2D eigenvalue weighted by Crippen LogP contribution is -2.24. The fourth-order valence-electron chi connectivity index (χ4n) is 2.04. The van der Waals surface area contributed by atoms with E-state index in [4.69, 9.17) is 9.47 Å². The van der Waals surface area contributed by atoms with Crippen LogP contribution in [0.15, 0.2) is 66.3 Å². The second-order valence-corrected chi connectivity index (χ2v) is 5.22. The summed E-state index contributed by atoms with van der Waals surface area (Å²) in [6.07, 6.45) is 4.17. The summed E-state index contributed by atoms with van der Waals surface area (Å²) in [6, 6.07) is 15.1. The molecule has 0 aromatic heterocycles. The van der Waals surface area contributed by atoms with Crippen molar-refractivity contribution in [3.8, 4) is 11.5 Å². The Morgan fingerprint density at radius 2 is 1.92 bits per heavy atom. The smallest absolute Gasteiger partial charge is 0.277 e. The van der Waals surface area contributed by atoms with E-state index in [0.29, 0.717) is 18.1 Å². The minimum Gasteiger partial charge on any atom is -0.489 e. The van der Waals surface area contributed by atoms with Crippen molar-refractivity contribution in [2.45, 2.75) is 13.3 Å². The van der Waals surface area contributed by atoms with E-state index in [1.807, 2.05) is 48.5 Å². The molecule has 0 radical (unpaired) electrons. The van der Waals surface area contributed by atoms with Gasteiger partial charge in [-0.1, -0.05) is 43.8 Å². The van der Waals surface area contributed by atoms with Gasteiger partial charge >= 0.3 is 0 Å². The van der Waals surface area contributed by atoms with Crippen molar-refractivity contribution in [3.63, 3.8) is 0 Å². The number of carbonyl (C=O) groups is 1. The van der Waals surface area contributed by atoms with Crippen molar-refractivity contribution in [1.82, 2.24) is 5.43 Å². The molecule has 0 aliphatic rings. The summed E-state index contributed by atoms with van der Waals surface area (Å²) in [4.78, 5) is 11.8. The van der Waals surface area contributed by atoms with Crippen LogP contribution in [0.1, 0.15) is 18.1 Å². The van der Waals surface area contributed by atoms with Crippen molar-refractivity contribution in [2.24, 2.45) is 5.10 Å². The molecule has 5 heteroatoms. The summed E-state index contributed by atoms with van der Waals surface area (Å²) < 4.78 is 10.9. The molecule has 0 heterocycles. The first-order valence-corrected chi connectivity index (χ1v) is 8.09. The molecular formula is C20H22N2O3. The van der Waals surface area contributed by atoms with Gasteiger partial charge in [0.05, 0.1) is 6.21 Å². The maximum Gasteiger partial charge on any atom is 0.277 e. The molecule has 0 spiro atoms. The van der Waals surface area contributed by atoms with Crippen LogP contribution < -0.4 is 14.9 Å². The Balaban J connectivity index is 1.82. The van der Waals surface area contributed by atoms with Gasteiger partial charge in [-0.25, -0.2) is 5.43 Å². The lowest BCUT2D eigenvalue weighted by atomic mass is 10.2. The molecule has 130 valence electrons. The van der Waals surface area contributed by atoms with Crippen molar-refractivity contribution < 1.29 is 14.3 Å². The van der Waals surface area contributed by atoms with Gasteiger partial charge in [-0.3, -0.25) is 4.79 Å². The van der Waals surface area contributed by atoms with Gasteiger partial charge in [-0.05, 0) is 36.2 Å². The maximum absolute atomic E-state index is 11.8. The number of hydrogen-bond donors (Lipinski definition) is 1. The number of aryl methyl sites for hydroxylation is 1. The number of hydrogen-bond acceptors (Lipinski definition) is 4. The number of nitrogens with one attached hydrogen (secondary N) is 1. The first-order chi connectivity index (χ1) is 12.2. The summed E-state index contributed by atoms with van der Waals surface area (Å²) in [7, 11) is 0. The van der Waals surface area contributed by atoms with Gasteiger partial charge < -0.3 is 9.47 Å². The van der Waals surface area contributed by atoms with Crippen molar-refractivity contribution >= 4 is 12.1 Å². The molecule has 0 atom stereocenters. The fraction of sp³-hybridized carbons (Fsp3) is 0.200. The Labute approximate surface area is 148 Å². The molecule has 0 saturated heterocycles. The maximum atomic E-state index is 11.8. The zero-order chi connectivity index (χ0) is 17.9. The van der Waals surface area contributed by atoms with Gasteiger partial charge in [0.1, 0.15) is 18.1 Å². The van der Waals surface area contributed by atoms with Gasteiger partial charge in [0.15, 0.2) is 6.61 Å². The molecule has 0 aliphatic heterocycles. The minimum atomic E-state index is -0.333. The molecular weight excluding hydrogens is 316 g/mol. The number of para-hydroxylation sites is 1. The highest BCUT2D eigenvalue weighted by Crippen LogP contribution is 2.15. The Morgan fingerprint density at radius 3 is 2.64 bits per heavy atom. The number of hydrazone groups is 1. The second-order valence-electron chi connectivity index (χ2n) is 5.22. The third kappa shape index (κ3) is 6.14. The molecule has 1 N–H and O–H groups in total. The van der Waals surface area contributed by atoms with Crippen molar-refractivity contribution in [1.29, 1.82) is 0 Å². The van der Waals surface area contributed by atoms with Crippen LogP contribution in [0.25, 0.3) is 0 Å². The normalized spacial score (nSPS) is 10.4. The molecule has 0 bridgehead atoms. The summed E-state index contributed by atoms with van der Waals surface area (Å²) in [5, 5.41) is 3.94. The third-order valence-corrected chi connectivity index (χ3v) is 3.37. The highest BCUT2D eigenvalue weighted by atomic mass is 16.5. The lowest BCUT2D eigenvalue weighted by Gasteiger charge is -2.07. The molecule has 2 aromatic carbocycles. The summed E-state index contributed by atoms with van der Waals surface area (Å²) in [6.45, 7) is 6.01. The van der Waals surface area contributed by atoms with Gasteiger partial charge in [0.25, 0.3) is 5.91 Å². The summed E-state index contributed by atoms with van der Waals surface area (Å²) in [5.74, 6) is 0.993. The van der Waals surface area contributed by atoms with E-state index < -0.39 is 0 Å². The van der Waals surface area contributed by atoms with Crippen molar-refractivity contribution in [3.05, 3.63) is 72.3 Å². The number of carbonyl (C=O) groups excluding carboxylic acids is 1. The minimum absolute atomic E-state index is 0.0998. The SMILES string of the molecule is C=CCOc1ccccc1/C=N/NC(=O)COc1ccc(CC)cc1. The van der Waals surface area contributed by atoms with E-state index in [2.05, 4.69) is 24.0 Å². The largest absolute Gasteiger partial charge is 0.489 e. The molecule has 0 aliphatic carbocycles. The van der Waals surface area contributed by atoms with E-state index in [1.165, 1.54) is 11.8 Å². The van der Waals surface area contributed by atoms with Crippen LogP contribution >= 0.6 is 0 Å². The standard InChI is InChI=1S/C20H22N2O3/c1-3-13-24-19-8-6-5-7-17(19)14-21-22-20(23)15-25-18-11-9-16(4-2)10-12-18/h3,5-12,14H,1,4,13,15H2,2H3,(H,22,23)/b21-14+. The lowest BCUT2D eigenvalue weighted by molar-refractivity contribution is -0.123. The molecule has 0 unspecified atom stereocenters. The second kappa shape index (κ2) is 9.93. The molecule has 5 nitrogen and oxygen atoms in total. The highest BCUT2D eigenvalue weighted by molar-refractivity contribution is 5.85. The molecule has 2 rings (SSSR count). The first-order valence-electron chi connectivity index (χ1n) is 8.09. The van der Waals surface area contributed by atoms with Crippen LogP contribution in [-0.4, -0.2) is 25.3 Å². The Hall–Kier alpha value is -3.08. The van der Waals surface area contributed by atoms with Crippen molar-refractivity contribution in [2.75, 3.05) is 13.2 Å². The summed E-state index contributed by atoms with van der Waals surface area (Å²) in [5.41, 5.74) is 4.42. The van der Waals surface area contributed by atoms with Crippen LogP contribution in [0.4, 0.5) is 0 Å². The van der Waals surface area contributed by atoms with Crippen LogP contribution in [0.2, 0.25) is 0 Å². The Morgan fingerprint density at radius 1 is 1.16 bits per heavy atom. The Kier molecular flexibility index (Phi) is 7.25. The molecule has 0 saturated carbocycles. The van der Waals surface area contributed by atoms with Gasteiger partial charge in [-0.2, -0.15) is 5.10 Å². The molecule has 2 aromatic rings. The predicted molar refractivity (Wildman–Crippen MR) is 99.2 cm³/mol. The predicted octanol–water partition coefficient (Wildman–Crippen LogP) is 3.34.